The number of nitrogens with zero attached hydrogens (tertiary/aromatic N) is 2. The van der Waals surface area contributed by atoms with Crippen LogP contribution >= 0.6 is 0 Å². The molecule has 0 saturated heterocycles. The van der Waals surface area contributed by atoms with E-state index in [1.54, 1.807) is 24.5 Å². The summed E-state index contributed by atoms with van der Waals surface area (Å²) in [6.45, 7) is 0. The van der Waals surface area contributed by atoms with Gasteiger partial charge in [-0.1, -0.05) is 42.5 Å². The topological polar surface area (TPSA) is 54.9 Å². The summed E-state index contributed by atoms with van der Waals surface area (Å²) < 4.78 is 13.2. The van der Waals surface area contributed by atoms with Crippen molar-refractivity contribution >= 4 is 5.91 Å². The van der Waals surface area contributed by atoms with Crippen LogP contribution in [0.3, 0.4) is 0 Å². The third kappa shape index (κ3) is 3.08. The summed E-state index contributed by atoms with van der Waals surface area (Å²) in [5, 5.41) is 3.10. The van der Waals surface area contributed by atoms with Crippen molar-refractivity contribution in [3.63, 3.8) is 0 Å². The maximum Gasteiger partial charge on any atom is 0.255 e. The van der Waals surface area contributed by atoms with Gasteiger partial charge in [-0.3, -0.25) is 4.79 Å². The number of halogens is 1. The van der Waals surface area contributed by atoms with Crippen LogP contribution in [-0.2, 0) is 5.54 Å². The SMILES string of the molecule is O=C(NC1(c2ccc(F)cc2)CCC1)c1cnc(-c2ccccc2)nc1. The molecule has 26 heavy (non-hydrogen) atoms. The van der Waals surface area contributed by atoms with Gasteiger partial charge in [0.05, 0.1) is 11.1 Å². The Morgan fingerprint density at radius 1 is 0.962 bits per heavy atom. The smallest absolute Gasteiger partial charge is 0.255 e. The first-order valence-corrected chi connectivity index (χ1v) is 8.62. The van der Waals surface area contributed by atoms with Crippen LogP contribution in [0.15, 0.2) is 67.0 Å². The van der Waals surface area contributed by atoms with Crippen LogP contribution in [0.4, 0.5) is 4.39 Å². The maximum absolute atomic E-state index is 13.2. The second kappa shape index (κ2) is 6.67. The van der Waals surface area contributed by atoms with Crippen molar-refractivity contribution in [3.05, 3.63) is 83.9 Å². The molecule has 0 bridgehead atoms. The van der Waals surface area contributed by atoms with Gasteiger partial charge < -0.3 is 5.32 Å². The van der Waals surface area contributed by atoms with Crippen molar-refractivity contribution in [2.75, 3.05) is 0 Å². The molecule has 1 amide bonds. The van der Waals surface area contributed by atoms with Crippen molar-refractivity contribution < 1.29 is 9.18 Å². The van der Waals surface area contributed by atoms with E-state index in [9.17, 15) is 9.18 Å². The average molecular weight is 347 g/mol. The van der Waals surface area contributed by atoms with Crippen molar-refractivity contribution in [3.8, 4) is 11.4 Å². The molecule has 0 unspecified atom stereocenters. The first-order valence-electron chi connectivity index (χ1n) is 8.62. The zero-order valence-electron chi connectivity index (χ0n) is 14.2. The minimum Gasteiger partial charge on any atom is -0.342 e. The van der Waals surface area contributed by atoms with Gasteiger partial charge in [0.2, 0.25) is 0 Å². The molecule has 1 heterocycles. The van der Waals surface area contributed by atoms with Gasteiger partial charge in [0.1, 0.15) is 5.82 Å². The Kier molecular flexibility index (Phi) is 4.21. The minimum absolute atomic E-state index is 0.214. The van der Waals surface area contributed by atoms with Crippen molar-refractivity contribution in [1.82, 2.24) is 15.3 Å². The van der Waals surface area contributed by atoms with E-state index in [0.29, 0.717) is 11.4 Å². The average Bonchev–Trinajstić information content (AvgIpc) is 2.66. The molecule has 130 valence electrons. The van der Waals surface area contributed by atoms with Crippen LogP contribution in [0.1, 0.15) is 35.2 Å². The van der Waals surface area contributed by atoms with Gasteiger partial charge >= 0.3 is 0 Å². The van der Waals surface area contributed by atoms with Crippen LogP contribution in [0, 0.1) is 5.82 Å². The first-order chi connectivity index (χ1) is 12.7. The summed E-state index contributed by atoms with van der Waals surface area (Å²) in [5.41, 5.74) is 1.82. The number of nitrogens with one attached hydrogen (secondary N) is 1. The highest BCUT2D eigenvalue weighted by Gasteiger charge is 2.40. The molecule has 5 heteroatoms. The van der Waals surface area contributed by atoms with Crippen LogP contribution < -0.4 is 5.32 Å². The van der Waals surface area contributed by atoms with E-state index in [1.807, 2.05) is 30.3 Å². The Morgan fingerprint density at radius 3 is 2.19 bits per heavy atom. The predicted octanol–water partition coefficient (Wildman–Crippen LogP) is 4.09. The summed E-state index contributed by atoms with van der Waals surface area (Å²) in [4.78, 5) is 21.3. The molecule has 1 saturated carbocycles. The Hall–Kier alpha value is -3.08. The minimum atomic E-state index is -0.428. The molecule has 4 rings (SSSR count). The van der Waals surface area contributed by atoms with E-state index in [4.69, 9.17) is 0 Å². The molecular weight excluding hydrogens is 329 g/mol. The van der Waals surface area contributed by atoms with E-state index < -0.39 is 5.54 Å². The largest absolute Gasteiger partial charge is 0.342 e. The van der Waals surface area contributed by atoms with Crippen molar-refractivity contribution in [2.45, 2.75) is 24.8 Å². The number of amides is 1. The normalized spacial score (nSPS) is 15.1. The van der Waals surface area contributed by atoms with Crippen molar-refractivity contribution in [2.24, 2.45) is 0 Å². The monoisotopic (exact) mass is 347 g/mol. The second-order valence-corrected chi connectivity index (χ2v) is 6.56. The molecule has 0 spiro atoms. The highest BCUT2D eigenvalue weighted by molar-refractivity contribution is 5.94. The highest BCUT2D eigenvalue weighted by atomic mass is 19.1. The fourth-order valence-corrected chi connectivity index (χ4v) is 3.26. The van der Waals surface area contributed by atoms with E-state index in [0.717, 1.165) is 30.4 Å². The Labute approximate surface area is 151 Å². The third-order valence-electron chi connectivity index (χ3n) is 4.90. The summed E-state index contributed by atoms with van der Waals surface area (Å²) in [6, 6.07) is 16.0. The van der Waals surface area contributed by atoms with Crippen molar-refractivity contribution in [1.29, 1.82) is 0 Å². The predicted molar refractivity (Wildman–Crippen MR) is 96.9 cm³/mol. The summed E-state index contributed by atoms with van der Waals surface area (Å²) in [6.07, 6.45) is 5.80. The fourth-order valence-electron chi connectivity index (χ4n) is 3.26. The lowest BCUT2D eigenvalue weighted by Crippen LogP contribution is -2.50. The van der Waals surface area contributed by atoms with E-state index in [1.165, 1.54) is 12.1 Å². The number of carbonyl (C=O) groups excluding carboxylic acids is 1. The molecule has 2 aromatic carbocycles. The maximum atomic E-state index is 13.2. The Bertz CT molecular complexity index is 904. The molecule has 4 nitrogen and oxygen atoms in total. The summed E-state index contributed by atoms with van der Waals surface area (Å²) in [7, 11) is 0. The molecule has 1 aromatic heterocycles. The highest BCUT2D eigenvalue weighted by Crippen LogP contribution is 2.41. The van der Waals surface area contributed by atoms with E-state index in [-0.39, 0.29) is 11.7 Å². The molecule has 0 radical (unpaired) electrons. The van der Waals surface area contributed by atoms with Gasteiger partial charge in [-0.25, -0.2) is 14.4 Å². The van der Waals surface area contributed by atoms with Crippen LogP contribution in [-0.4, -0.2) is 15.9 Å². The standard InChI is InChI=1S/C21H18FN3O/c22-18-9-7-17(8-10-18)21(11-4-12-21)25-20(26)16-13-23-19(24-14-16)15-5-2-1-3-6-15/h1-3,5-10,13-14H,4,11-12H2,(H,25,26). The van der Waals surface area contributed by atoms with Gasteiger partial charge in [-0.2, -0.15) is 0 Å². The molecule has 1 N–H and O–H groups in total. The summed E-state index contributed by atoms with van der Waals surface area (Å²) >= 11 is 0. The van der Waals surface area contributed by atoms with Crippen LogP contribution in [0.2, 0.25) is 0 Å². The number of rotatable bonds is 4. The number of benzene rings is 2. The molecular formula is C21H18FN3O. The third-order valence-corrected chi connectivity index (χ3v) is 4.90. The Balaban J connectivity index is 1.53. The number of aromatic nitrogens is 2. The molecule has 3 aromatic rings. The van der Waals surface area contributed by atoms with Gasteiger partial charge in [-0.15, -0.1) is 0 Å². The number of carbonyl (C=O) groups is 1. The van der Waals surface area contributed by atoms with Gasteiger partial charge in [-0.05, 0) is 37.0 Å². The van der Waals surface area contributed by atoms with Crippen LogP contribution in [0.25, 0.3) is 11.4 Å². The fraction of sp³-hybridized carbons (Fsp3) is 0.190. The van der Waals surface area contributed by atoms with Gasteiger partial charge in [0.15, 0.2) is 5.82 Å². The molecule has 1 fully saturated rings. The summed E-state index contributed by atoms with van der Waals surface area (Å²) in [5.74, 6) is 0.0899. The zero-order valence-corrected chi connectivity index (χ0v) is 14.2. The zero-order chi connectivity index (χ0) is 18.0. The van der Waals surface area contributed by atoms with E-state index >= 15 is 0 Å². The molecule has 1 aliphatic rings. The van der Waals surface area contributed by atoms with Gasteiger partial charge in [0.25, 0.3) is 5.91 Å². The van der Waals surface area contributed by atoms with Crippen LogP contribution in [0.5, 0.6) is 0 Å². The number of hydrogen-bond acceptors (Lipinski definition) is 3. The van der Waals surface area contributed by atoms with Gasteiger partial charge in [0, 0.05) is 18.0 Å². The first kappa shape index (κ1) is 16.4. The molecule has 0 aliphatic heterocycles. The lowest BCUT2D eigenvalue weighted by atomic mass is 9.71. The van der Waals surface area contributed by atoms with E-state index in [2.05, 4.69) is 15.3 Å². The molecule has 0 atom stereocenters. The number of hydrogen-bond donors (Lipinski definition) is 1. The Morgan fingerprint density at radius 2 is 1.62 bits per heavy atom. The molecule has 1 aliphatic carbocycles. The quantitative estimate of drug-likeness (QED) is 0.773. The lowest BCUT2D eigenvalue weighted by Gasteiger charge is -2.43. The second-order valence-electron chi connectivity index (χ2n) is 6.56. The lowest BCUT2D eigenvalue weighted by molar-refractivity contribution is 0.0822.